The van der Waals surface area contributed by atoms with E-state index >= 15 is 0 Å². The van der Waals surface area contributed by atoms with Crippen LogP contribution in [0.5, 0.6) is 17.2 Å². The van der Waals surface area contributed by atoms with Crippen LogP contribution in [0.4, 0.5) is 0 Å². The predicted molar refractivity (Wildman–Crippen MR) is 84.7 cm³/mol. The summed E-state index contributed by atoms with van der Waals surface area (Å²) in [4.78, 5) is 24.2. The van der Waals surface area contributed by atoms with Crippen LogP contribution in [0.15, 0.2) is 30.3 Å². The summed E-state index contributed by atoms with van der Waals surface area (Å²) < 4.78 is 16.0. The maximum Gasteiger partial charge on any atom is 0.261 e. The van der Waals surface area contributed by atoms with Gasteiger partial charge < -0.3 is 19.5 Å². The van der Waals surface area contributed by atoms with Crippen molar-refractivity contribution in [3.05, 3.63) is 40.1 Å². The fourth-order valence-corrected chi connectivity index (χ4v) is 2.85. The van der Waals surface area contributed by atoms with Crippen molar-refractivity contribution in [2.75, 3.05) is 19.9 Å². The minimum absolute atomic E-state index is 0.0415. The molecule has 6 nitrogen and oxygen atoms in total. The number of ketones is 1. The van der Waals surface area contributed by atoms with Crippen molar-refractivity contribution in [2.45, 2.75) is 6.92 Å². The number of hydrogen-bond donors (Lipinski definition) is 1. The molecular formula is C16H15NO5S. The first-order valence-corrected chi connectivity index (χ1v) is 7.86. The molecule has 2 heterocycles. The van der Waals surface area contributed by atoms with Gasteiger partial charge in [0, 0.05) is 6.07 Å². The Morgan fingerprint density at radius 2 is 1.96 bits per heavy atom. The average molecular weight is 333 g/mol. The van der Waals surface area contributed by atoms with Gasteiger partial charge in [-0.1, -0.05) is 0 Å². The Morgan fingerprint density at radius 3 is 2.74 bits per heavy atom. The number of benzene rings is 1. The molecule has 2 aromatic rings. The zero-order valence-corrected chi connectivity index (χ0v) is 13.3. The fraction of sp³-hybridized carbons (Fsp3) is 0.250. The second-order valence-corrected chi connectivity index (χ2v) is 5.92. The molecule has 0 saturated carbocycles. The Labute approximate surface area is 137 Å². The van der Waals surface area contributed by atoms with Crippen molar-refractivity contribution in [1.29, 1.82) is 0 Å². The molecule has 0 saturated heterocycles. The molecule has 1 aliphatic heterocycles. The van der Waals surface area contributed by atoms with E-state index in [1.165, 1.54) is 18.3 Å². The maximum absolute atomic E-state index is 11.9. The Morgan fingerprint density at radius 1 is 1.17 bits per heavy atom. The van der Waals surface area contributed by atoms with Crippen LogP contribution >= 0.6 is 11.3 Å². The minimum Gasteiger partial charge on any atom is -0.492 e. The summed E-state index contributed by atoms with van der Waals surface area (Å²) in [6, 6.07) is 8.63. The van der Waals surface area contributed by atoms with E-state index in [1.807, 2.05) is 0 Å². The number of rotatable bonds is 6. The number of thiophene rings is 1. The molecule has 1 aromatic carbocycles. The molecule has 7 heteroatoms. The molecule has 0 aliphatic carbocycles. The van der Waals surface area contributed by atoms with E-state index < -0.39 is 0 Å². The van der Waals surface area contributed by atoms with Gasteiger partial charge in [0.2, 0.25) is 6.79 Å². The van der Waals surface area contributed by atoms with Crippen LogP contribution in [0, 0.1) is 0 Å². The summed E-state index contributed by atoms with van der Waals surface area (Å²) in [7, 11) is 0. The molecule has 23 heavy (non-hydrogen) atoms. The van der Waals surface area contributed by atoms with Gasteiger partial charge in [0.1, 0.15) is 12.4 Å². The molecule has 0 atom stereocenters. The molecule has 0 radical (unpaired) electrons. The molecule has 0 bridgehead atoms. The van der Waals surface area contributed by atoms with Gasteiger partial charge in [-0.2, -0.15) is 0 Å². The average Bonchev–Trinajstić information content (AvgIpc) is 3.19. The molecule has 0 fully saturated rings. The summed E-state index contributed by atoms with van der Waals surface area (Å²) in [5.74, 6) is 1.75. The molecule has 1 amide bonds. The molecule has 120 valence electrons. The van der Waals surface area contributed by atoms with E-state index in [4.69, 9.17) is 14.2 Å². The van der Waals surface area contributed by atoms with Crippen LogP contribution in [0.25, 0.3) is 0 Å². The van der Waals surface area contributed by atoms with Crippen LogP contribution in [0.2, 0.25) is 0 Å². The van der Waals surface area contributed by atoms with Crippen LogP contribution in [0.1, 0.15) is 26.3 Å². The number of fused-ring (bicyclic) bond motifs is 1. The smallest absolute Gasteiger partial charge is 0.261 e. The third kappa shape index (κ3) is 3.62. The first-order chi connectivity index (χ1) is 11.1. The Kier molecular flexibility index (Phi) is 4.47. The highest BCUT2D eigenvalue weighted by molar-refractivity contribution is 7.15. The standard InChI is InChI=1S/C16H15NO5S/c1-10(18)14-4-5-15(23-14)16(19)17-6-7-20-11-2-3-12-13(8-11)22-9-21-12/h2-5,8H,6-7,9H2,1H3,(H,17,19). The summed E-state index contributed by atoms with van der Waals surface area (Å²) >= 11 is 1.18. The second-order valence-electron chi connectivity index (χ2n) is 4.84. The monoisotopic (exact) mass is 333 g/mol. The van der Waals surface area contributed by atoms with Crippen molar-refractivity contribution < 1.29 is 23.8 Å². The van der Waals surface area contributed by atoms with Crippen molar-refractivity contribution in [1.82, 2.24) is 5.32 Å². The quantitative estimate of drug-likeness (QED) is 0.649. The summed E-state index contributed by atoms with van der Waals surface area (Å²) in [5.41, 5.74) is 0. The van der Waals surface area contributed by atoms with Crippen molar-refractivity contribution in [2.24, 2.45) is 0 Å². The lowest BCUT2D eigenvalue weighted by Crippen LogP contribution is -2.27. The van der Waals surface area contributed by atoms with Gasteiger partial charge in [0.25, 0.3) is 5.91 Å². The topological polar surface area (TPSA) is 73.9 Å². The van der Waals surface area contributed by atoms with Gasteiger partial charge in [-0.15, -0.1) is 11.3 Å². The number of Topliss-reactive ketones (excluding diaryl/α,β-unsaturated/α-hetero) is 1. The molecule has 1 aliphatic rings. The molecule has 0 spiro atoms. The summed E-state index contributed by atoms with van der Waals surface area (Å²) in [6.45, 7) is 2.39. The maximum atomic E-state index is 11.9. The van der Waals surface area contributed by atoms with E-state index in [9.17, 15) is 9.59 Å². The zero-order valence-electron chi connectivity index (χ0n) is 12.5. The molecule has 1 N–H and O–H groups in total. The lowest BCUT2D eigenvalue weighted by molar-refractivity contribution is 0.0950. The Balaban J connectivity index is 1.45. The summed E-state index contributed by atoms with van der Waals surface area (Å²) in [6.07, 6.45) is 0. The SMILES string of the molecule is CC(=O)c1ccc(C(=O)NCCOc2ccc3c(c2)OCO3)s1. The lowest BCUT2D eigenvalue weighted by Gasteiger charge is -2.07. The van der Waals surface area contributed by atoms with Gasteiger partial charge in [-0.05, 0) is 31.2 Å². The molecular weight excluding hydrogens is 318 g/mol. The zero-order chi connectivity index (χ0) is 16.2. The first kappa shape index (κ1) is 15.4. The van der Waals surface area contributed by atoms with E-state index in [0.29, 0.717) is 40.2 Å². The van der Waals surface area contributed by atoms with E-state index in [1.54, 1.807) is 30.3 Å². The van der Waals surface area contributed by atoms with E-state index in [2.05, 4.69) is 5.32 Å². The minimum atomic E-state index is -0.211. The lowest BCUT2D eigenvalue weighted by atomic mass is 10.3. The van der Waals surface area contributed by atoms with Crippen molar-refractivity contribution >= 4 is 23.0 Å². The number of hydrogen-bond acceptors (Lipinski definition) is 6. The highest BCUT2D eigenvalue weighted by atomic mass is 32.1. The number of carbonyl (C=O) groups excluding carboxylic acids is 2. The van der Waals surface area contributed by atoms with Crippen molar-refractivity contribution in [3.8, 4) is 17.2 Å². The van der Waals surface area contributed by atoms with E-state index in [-0.39, 0.29) is 18.5 Å². The Bertz CT molecular complexity index is 740. The van der Waals surface area contributed by atoms with Crippen LogP contribution < -0.4 is 19.5 Å². The molecule has 0 unspecified atom stereocenters. The van der Waals surface area contributed by atoms with Gasteiger partial charge in [-0.25, -0.2) is 0 Å². The highest BCUT2D eigenvalue weighted by Gasteiger charge is 2.14. The van der Waals surface area contributed by atoms with Gasteiger partial charge in [0.05, 0.1) is 16.3 Å². The fourth-order valence-electron chi connectivity index (χ4n) is 2.04. The number of carbonyl (C=O) groups is 2. The number of amides is 1. The third-order valence-corrected chi connectivity index (χ3v) is 4.36. The third-order valence-electron chi connectivity index (χ3n) is 3.18. The predicted octanol–water partition coefficient (Wildman–Crippen LogP) is 2.49. The van der Waals surface area contributed by atoms with Gasteiger partial charge in [-0.3, -0.25) is 9.59 Å². The largest absolute Gasteiger partial charge is 0.492 e. The number of nitrogens with one attached hydrogen (secondary N) is 1. The number of ether oxygens (including phenoxy) is 3. The molecule has 1 aromatic heterocycles. The second kappa shape index (κ2) is 6.70. The van der Waals surface area contributed by atoms with Crippen molar-refractivity contribution in [3.63, 3.8) is 0 Å². The first-order valence-electron chi connectivity index (χ1n) is 7.05. The normalized spacial score (nSPS) is 12.0. The Hall–Kier alpha value is -2.54. The van der Waals surface area contributed by atoms with E-state index in [0.717, 1.165) is 0 Å². The van der Waals surface area contributed by atoms with Gasteiger partial charge >= 0.3 is 0 Å². The van der Waals surface area contributed by atoms with Crippen LogP contribution in [-0.2, 0) is 0 Å². The van der Waals surface area contributed by atoms with Gasteiger partial charge in [0.15, 0.2) is 17.3 Å². The van der Waals surface area contributed by atoms with Crippen LogP contribution in [0.3, 0.4) is 0 Å². The highest BCUT2D eigenvalue weighted by Crippen LogP contribution is 2.34. The van der Waals surface area contributed by atoms with Crippen LogP contribution in [-0.4, -0.2) is 31.6 Å². The summed E-state index contributed by atoms with van der Waals surface area (Å²) in [5, 5.41) is 2.75. The molecule has 3 rings (SSSR count).